The number of para-hydroxylation sites is 1. The summed E-state index contributed by atoms with van der Waals surface area (Å²) in [5.41, 5.74) is -3.20. The van der Waals surface area contributed by atoms with Gasteiger partial charge in [-0.05, 0) is 30.3 Å². The Morgan fingerprint density at radius 3 is 2.35 bits per heavy atom. The van der Waals surface area contributed by atoms with Crippen molar-refractivity contribution >= 4 is 10.9 Å². The summed E-state index contributed by atoms with van der Waals surface area (Å²) in [5, 5.41) is 4.11. The highest BCUT2D eigenvalue weighted by molar-refractivity contribution is 5.82. The van der Waals surface area contributed by atoms with Crippen LogP contribution in [0, 0.1) is 17.5 Å². The van der Waals surface area contributed by atoms with Crippen LogP contribution in [-0.2, 0) is 12.7 Å². The number of halogens is 6. The molecule has 0 saturated heterocycles. The molecule has 0 unspecified atom stereocenters. The number of benzene rings is 3. The van der Waals surface area contributed by atoms with E-state index in [1.807, 2.05) is 0 Å². The van der Waals surface area contributed by atoms with E-state index >= 15 is 0 Å². The quantitative estimate of drug-likeness (QED) is 0.397. The molecule has 3 nitrogen and oxygen atoms in total. The van der Waals surface area contributed by atoms with Crippen molar-refractivity contribution in [2.24, 2.45) is 0 Å². The standard InChI is InChI=1S/C22H12F6N2O/c23-13-9-8-12(17(24)10-13)11-30-18-7-2-1-4-14(18)21(31)20(29-30)15-5-3-6-16(19(15)25)22(26,27)28/h1-10H,11H2. The molecule has 1 aromatic heterocycles. The van der Waals surface area contributed by atoms with Crippen LogP contribution in [0.3, 0.4) is 0 Å². The number of hydrogen-bond acceptors (Lipinski definition) is 2. The monoisotopic (exact) mass is 434 g/mol. The molecule has 9 heteroatoms. The fourth-order valence-corrected chi connectivity index (χ4v) is 3.28. The maximum Gasteiger partial charge on any atom is 0.419 e. The van der Waals surface area contributed by atoms with Crippen molar-refractivity contribution in [2.75, 3.05) is 0 Å². The Hall–Kier alpha value is -3.62. The molecule has 0 saturated carbocycles. The Labute approximate surface area is 171 Å². The molecule has 1 heterocycles. The molecule has 158 valence electrons. The summed E-state index contributed by atoms with van der Waals surface area (Å²) in [7, 11) is 0. The third-order valence-electron chi connectivity index (χ3n) is 4.76. The fraction of sp³-hybridized carbons (Fsp3) is 0.0909. The van der Waals surface area contributed by atoms with Gasteiger partial charge in [-0.2, -0.15) is 18.3 Å². The number of fused-ring (bicyclic) bond motifs is 1. The fourth-order valence-electron chi connectivity index (χ4n) is 3.28. The minimum atomic E-state index is -4.97. The van der Waals surface area contributed by atoms with Crippen LogP contribution in [0.5, 0.6) is 0 Å². The van der Waals surface area contributed by atoms with Gasteiger partial charge in [0.25, 0.3) is 0 Å². The summed E-state index contributed by atoms with van der Waals surface area (Å²) in [6.45, 7) is -0.263. The van der Waals surface area contributed by atoms with Gasteiger partial charge in [0, 0.05) is 22.6 Å². The largest absolute Gasteiger partial charge is 0.419 e. The second-order valence-corrected chi connectivity index (χ2v) is 6.75. The van der Waals surface area contributed by atoms with Gasteiger partial charge in [0.05, 0.1) is 17.6 Å². The van der Waals surface area contributed by atoms with Crippen molar-refractivity contribution in [3.05, 3.63) is 99.5 Å². The van der Waals surface area contributed by atoms with E-state index in [0.29, 0.717) is 12.1 Å². The van der Waals surface area contributed by atoms with Gasteiger partial charge >= 0.3 is 6.18 Å². The Morgan fingerprint density at radius 2 is 1.65 bits per heavy atom. The smallest absolute Gasteiger partial charge is 0.287 e. The first-order chi connectivity index (χ1) is 14.7. The third kappa shape index (κ3) is 3.78. The van der Waals surface area contributed by atoms with Crippen molar-refractivity contribution in [3.63, 3.8) is 0 Å². The van der Waals surface area contributed by atoms with E-state index in [1.165, 1.54) is 28.9 Å². The van der Waals surface area contributed by atoms with Gasteiger partial charge in [0.15, 0.2) is 0 Å². The molecule has 3 aromatic carbocycles. The summed E-state index contributed by atoms with van der Waals surface area (Å²) >= 11 is 0. The van der Waals surface area contributed by atoms with Gasteiger partial charge in [0.1, 0.15) is 23.1 Å². The van der Waals surface area contributed by atoms with Crippen molar-refractivity contribution < 1.29 is 26.3 Å². The Bertz CT molecular complexity index is 1360. The van der Waals surface area contributed by atoms with E-state index < -0.39 is 45.9 Å². The highest BCUT2D eigenvalue weighted by Crippen LogP contribution is 2.34. The van der Waals surface area contributed by atoms with Crippen LogP contribution in [0.1, 0.15) is 11.1 Å². The van der Waals surface area contributed by atoms with Crippen LogP contribution < -0.4 is 5.43 Å². The second kappa shape index (κ2) is 7.57. The molecule has 31 heavy (non-hydrogen) atoms. The molecule has 0 aliphatic rings. The van der Waals surface area contributed by atoms with Crippen molar-refractivity contribution in [1.29, 1.82) is 0 Å². The van der Waals surface area contributed by atoms with Crippen molar-refractivity contribution in [3.8, 4) is 11.3 Å². The molecule has 0 radical (unpaired) electrons. The lowest BCUT2D eigenvalue weighted by Gasteiger charge is -2.15. The van der Waals surface area contributed by atoms with Gasteiger partial charge in [-0.1, -0.05) is 24.3 Å². The number of hydrogen-bond donors (Lipinski definition) is 0. The summed E-state index contributed by atoms with van der Waals surface area (Å²) in [6.07, 6.45) is -4.97. The number of rotatable bonds is 3. The third-order valence-corrected chi connectivity index (χ3v) is 4.76. The average Bonchev–Trinajstić information content (AvgIpc) is 2.71. The topological polar surface area (TPSA) is 34.9 Å². The second-order valence-electron chi connectivity index (χ2n) is 6.75. The van der Waals surface area contributed by atoms with E-state index in [1.54, 1.807) is 6.07 Å². The molecule has 0 amide bonds. The van der Waals surface area contributed by atoms with E-state index in [4.69, 9.17) is 0 Å². The normalized spacial score (nSPS) is 11.8. The summed E-state index contributed by atoms with van der Waals surface area (Å²) < 4.78 is 82.6. The van der Waals surface area contributed by atoms with E-state index in [9.17, 15) is 31.1 Å². The molecule has 0 spiro atoms. The summed E-state index contributed by atoms with van der Waals surface area (Å²) in [6, 6.07) is 11.5. The van der Waals surface area contributed by atoms with Crippen molar-refractivity contribution in [1.82, 2.24) is 9.78 Å². The Kier molecular flexibility index (Phi) is 5.04. The first-order valence-electron chi connectivity index (χ1n) is 8.96. The first-order valence-corrected chi connectivity index (χ1v) is 8.96. The summed E-state index contributed by atoms with van der Waals surface area (Å²) in [4.78, 5) is 12.9. The minimum Gasteiger partial charge on any atom is -0.287 e. The lowest BCUT2D eigenvalue weighted by atomic mass is 10.0. The Balaban J connectivity index is 1.97. The molecule has 0 atom stereocenters. The van der Waals surface area contributed by atoms with E-state index in [-0.39, 0.29) is 23.0 Å². The molecule has 0 aliphatic heterocycles. The van der Waals surface area contributed by atoms with E-state index in [0.717, 1.165) is 18.2 Å². The molecular weight excluding hydrogens is 422 g/mol. The van der Waals surface area contributed by atoms with Crippen LogP contribution in [0.25, 0.3) is 22.2 Å². The lowest BCUT2D eigenvalue weighted by molar-refractivity contribution is -0.139. The van der Waals surface area contributed by atoms with Gasteiger partial charge in [-0.3, -0.25) is 9.48 Å². The summed E-state index contributed by atoms with van der Waals surface area (Å²) in [5.74, 6) is -3.28. The van der Waals surface area contributed by atoms with Crippen LogP contribution in [0.4, 0.5) is 26.3 Å². The molecule has 4 rings (SSSR count). The molecule has 0 fully saturated rings. The molecule has 0 aliphatic carbocycles. The van der Waals surface area contributed by atoms with Crippen molar-refractivity contribution in [2.45, 2.75) is 12.7 Å². The van der Waals surface area contributed by atoms with Gasteiger partial charge in [-0.15, -0.1) is 0 Å². The predicted octanol–water partition coefficient (Wildman–Crippen LogP) is 5.55. The zero-order valence-electron chi connectivity index (χ0n) is 15.6. The van der Waals surface area contributed by atoms with Gasteiger partial charge < -0.3 is 0 Å². The number of aromatic nitrogens is 2. The molecule has 0 N–H and O–H groups in total. The number of alkyl halides is 3. The maximum atomic E-state index is 14.7. The lowest BCUT2D eigenvalue weighted by Crippen LogP contribution is -2.19. The zero-order chi connectivity index (χ0) is 22.3. The van der Waals surface area contributed by atoms with Gasteiger partial charge in [-0.25, -0.2) is 13.2 Å². The zero-order valence-corrected chi connectivity index (χ0v) is 15.6. The van der Waals surface area contributed by atoms with Crippen LogP contribution in [0.15, 0.2) is 65.5 Å². The highest BCUT2D eigenvalue weighted by atomic mass is 19.4. The van der Waals surface area contributed by atoms with Crippen LogP contribution in [0.2, 0.25) is 0 Å². The molecule has 4 aromatic rings. The molecule has 0 bridgehead atoms. The number of nitrogens with zero attached hydrogens (tertiary/aromatic N) is 2. The van der Waals surface area contributed by atoms with Gasteiger partial charge in [0.2, 0.25) is 5.43 Å². The predicted molar refractivity (Wildman–Crippen MR) is 102 cm³/mol. The average molecular weight is 434 g/mol. The maximum absolute atomic E-state index is 14.7. The SMILES string of the molecule is O=c1c(-c2cccc(C(F)(F)F)c2F)nn(Cc2ccc(F)cc2F)c2ccccc12. The first kappa shape index (κ1) is 20.6. The highest BCUT2D eigenvalue weighted by Gasteiger charge is 2.35. The van der Waals surface area contributed by atoms with Crippen LogP contribution in [-0.4, -0.2) is 9.78 Å². The minimum absolute atomic E-state index is 0.0261. The van der Waals surface area contributed by atoms with E-state index in [2.05, 4.69) is 5.10 Å². The Morgan fingerprint density at radius 1 is 0.903 bits per heavy atom. The molecular formula is C22H12F6N2O. The van der Waals surface area contributed by atoms with Crippen LogP contribution >= 0.6 is 0 Å².